The topological polar surface area (TPSA) is 35.2 Å². The largest absolute Gasteiger partial charge is 0.573 e. The minimum Gasteiger partial charge on any atom is -0.406 e. The third-order valence-corrected chi connectivity index (χ3v) is 4.11. The first-order valence-corrected chi connectivity index (χ1v) is 7.00. The molecular formula is C15H20F3NO. The highest BCUT2D eigenvalue weighted by Crippen LogP contribution is 2.38. The maximum Gasteiger partial charge on any atom is 0.573 e. The Hall–Kier alpha value is -1.23. The molecule has 2 rings (SSSR count). The monoisotopic (exact) mass is 287 g/mol. The van der Waals surface area contributed by atoms with Crippen LogP contribution in [0.15, 0.2) is 24.3 Å². The molecule has 1 fully saturated rings. The fourth-order valence-electron chi connectivity index (χ4n) is 2.98. The van der Waals surface area contributed by atoms with Crippen molar-refractivity contribution < 1.29 is 17.9 Å². The van der Waals surface area contributed by atoms with Crippen LogP contribution in [0.1, 0.15) is 44.1 Å². The zero-order valence-electron chi connectivity index (χ0n) is 11.5. The van der Waals surface area contributed by atoms with Crippen molar-refractivity contribution in [3.05, 3.63) is 29.8 Å². The molecule has 2 nitrogen and oxygen atoms in total. The Morgan fingerprint density at radius 3 is 2.70 bits per heavy atom. The molecule has 0 amide bonds. The van der Waals surface area contributed by atoms with Crippen molar-refractivity contribution in [2.45, 2.75) is 50.9 Å². The summed E-state index contributed by atoms with van der Waals surface area (Å²) < 4.78 is 40.8. The molecule has 3 unspecified atom stereocenters. The summed E-state index contributed by atoms with van der Waals surface area (Å²) in [6.45, 7) is 2.14. The molecule has 0 aromatic heterocycles. The lowest BCUT2D eigenvalue weighted by molar-refractivity contribution is -0.274. The van der Waals surface area contributed by atoms with E-state index in [1.807, 2.05) is 6.07 Å². The summed E-state index contributed by atoms with van der Waals surface area (Å²) in [5.74, 6) is 0.554. The molecule has 2 N–H and O–H groups in total. The Bertz CT molecular complexity index is 447. The Kier molecular flexibility index (Phi) is 4.58. The van der Waals surface area contributed by atoms with E-state index in [1.165, 1.54) is 12.1 Å². The SMILES string of the molecule is CCC1CCC(N)C(c2cccc(OC(F)(F)F)c2)C1. The number of rotatable bonds is 3. The van der Waals surface area contributed by atoms with Gasteiger partial charge in [0.2, 0.25) is 0 Å². The van der Waals surface area contributed by atoms with Gasteiger partial charge in [-0.15, -0.1) is 13.2 Å². The molecule has 1 aromatic carbocycles. The fourth-order valence-corrected chi connectivity index (χ4v) is 2.98. The molecule has 0 spiro atoms. The third-order valence-electron chi connectivity index (χ3n) is 4.11. The van der Waals surface area contributed by atoms with Gasteiger partial charge in [0.15, 0.2) is 0 Å². The van der Waals surface area contributed by atoms with Gasteiger partial charge in [0.25, 0.3) is 0 Å². The second kappa shape index (κ2) is 6.04. The van der Waals surface area contributed by atoms with Gasteiger partial charge in [0.05, 0.1) is 0 Å². The van der Waals surface area contributed by atoms with Crippen molar-refractivity contribution in [3.8, 4) is 5.75 Å². The van der Waals surface area contributed by atoms with Crippen LogP contribution in [0.25, 0.3) is 0 Å². The van der Waals surface area contributed by atoms with E-state index in [9.17, 15) is 13.2 Å². The summed E-state index contributed by atoms with van der Waals surface area (Å²) in [6.07, 6.45) is -0.602. The van der Waals surface area contributed by atoms with Crippen LogP contribution in [0.5, 0.6) is 5.75 Å². The maximum atomic E-state index is 12.3. The van der Waals surface area contributed by atoms with Gasteiger partial charge in [-0.05, 0) is 48.8 Å². The van der Waals surface area contributed by atoms with E-state index in [-0.39, 0.29) is 17.7 Å². The van der Waals surface area contributed by atoms with Gasteiger partial charge in [-0.2, -0.15) is 0 Å². The van der Waals surface area contributed by atoms with Crippen LogP contribution in [0.3, 0.4) is 0 Å². The van der Waals surface area contributed by atoms with Crippen LogP contribution in [-0.2, 0) is 0 Å². The Labute approximate surface area is 117 Å². The molecule has 0 heterocycles. The summed E-state index contributed by atoms with van der Waals surface area (Å²) in [4.78, 5) is 0. The number of nitrogens with two attached hydrogens (primary N) is 1. The van der Waals surface area contributed by atoms with E-state index in [0.717, 1.165) is 31.2 Å². The molecule has 1 aliphatic rings. The average molecular weight is 287 g/mol. The zero-order valence-corrected chi connectivity index (χ0v) is 11.5. The van der Waals surface area contributed by atoms with E-state index in [4.69, 9.17) is 5.73 Å². The lowest BCUT2D eigenvalue weighted by Crippen LogP contribution is -2.34. The van der Waals surface area contributed by atoms with Gasteiger partial charge in [0, 0.05) is 6.04 Å². The predicted octanol–water partition coefficient (Wildman–Crippen LogP) is 4.21. The van der Waals surface area contributed by atoms with E-state index < -0.39 is 6.36 Å². The number of halogens is 3. The molecule has 1 aromatic rings. The van der Waals surface area contributed by atoms with E-state index >= 15 is 0 Å². The number of hydrogen-bond acceptors (Lipinski definition) is 2. The van der Waals surface area contributed by atoms with Gasteiger partial charge in [-0.1, -0.05) is 25.5 Å². The van der Waals surface area contributed by atoms with Gasteiger partial charge in [-0.3, -0.25) is 0 Å². The quantitative estimate of drug-likeness (QED) is 0.904. The second-order valence-electron chi connectivity index (χ2n) is 5.48. The number of benzene rings is 1. The number of hydrogen-bond donors (Lipinski definition) is 1. The van der Waals surface area contributed by atoms with Crippen LogP contribution >= 0.6 is 0 Å². The van der Waals surface area contributed by atoms with Crippen LogP contribution in [0.2, 0.25) is 0 Å². The lowest BCUT2D eigenvalue weighted by atomic mass is 9.74. The Morgan fingerprint density at radius 2 is 2.05 bits per heavy atom. The van der Waals surface area contributed by atoms with Crippen molar-refractivity contribution in [1.29, 1.82) is 0 Å². The summed E-state index contributed by atoms with van der Waals surface area (Å²) in [7, 11) is 0. The summed E-state index contributed by atoms with van der Waals surface area (Å²) >= 11 is 0. The molecule has 20 heavy (non-hydrogen) atoms. The van der Waals surface area contributed by atoms with Crippen LogP contribution in [-0.4, -0.2) is 12.4 Å². The predicted molar refractivity (Wildman–Crippen MR) is 71.5 cm³/mol. The first-order valence-electron chi connectivity index (χ1n) is 7.00. The van der Waals surface area contributed by atoms with E-state index in [2.05, 4.69) is 11.7 Å². The van der Waals surface area contributed by atoms with Crippen molar-refractivity contribution in [2.75, 3.05) is 0 Å². The molecule has 1 aliphatic carbocycles. The Morgan fingerprint density at radius 1 is 1.30 bits per heavy atom. The molecular weight excluding hydrogens is 267 g/mol. The van der Waals surface area contributed by atoms with Gasteiger partial charge in [0.1, 0.15) is 5.75 Å². The number of ether oxygens (including phenoxy) is 1. The smallest absolute Gasteiger partial charge is 0.406 e. The Balaban J connectivity index is 2.16. The summed E-state index contributed by atoms with van der Waals surface area (Å²) in [6, 6.07) is 6.24. The van der Waals surface area contributed by atoms with Crippen molar-refractivity contribution in [1.82, 2.24) is 0 Å². The molecule has 1 saturated carbocycles. The molecule has 3 atom stereocenters. The first kappa shape index (κ1) is 15.2. The van der Waals surface area contributed by atoms with Crippen LogP contribution < -0.4 is 10.5 Å². The molecule has 0 aliphatic heterocycles. The van der Waals surface area contributed by atoms with Gasteiger partial charge in [-0.25, -0.2) is 0 Å². The first-order chi connectivity index (χ1) is 9.39. The molecule has 5 heteroatoms. The molecule has 0 radical (unpaired) electrons. The van der Waals surface area contributed by atoms with Crippen LogP contribution in [0.4, 0.5) is 13.2 Å². The van der Waals surface area contributed by atoms with Gasteiger partial charge >= 0.3 is 6.36 Å². The van der Waals surface area contributed by atoms with E-state index in [0.29, 0.717) is 5.92 Å². The lowest BCUT2D eigenvalue weighted by Gasteiger charge is -2.34. The summed E-state index contributed by atoms with van der Waals surface area (Å²) in [5.41, 5.74) is 6.99. The minimum absolute atomic E-state index is 0.0129. The zero-order chi connectivity index (χ0) is 14.8. The molecule has 0 saturated heterocycles. The molecule has 0 bridgehead atoms. The standard InChI is InChI=1S/C15H20F3NO/c1-2-10-6-7-14(19)13(8-10)11-4-3-5-12(9-11)20-15(16,17)18/h3-5,9-10,13-14H,2,6-8,19H2,1H3. The van der Waals surface area contributed by atoms with Gasteiger partial charge < -0.3 is 10.5 Å². The van der Waals surface area contributed by atoms with Crippen molar-refractivity contribution >= 4 is 0 Å². The van der Waals surface area contributed by atoms with Crippen LogP contribution in [0, 0.1) is 5.92 Å². The fraction of sp³-hybridized carbons (Fsp3) is 0.600. The van der Waals surface area contributed by atoms with Crippen molar-refractivity contribution in [2.24, 2.45) is 11.7 Å². The third kappa shape index (κ3) is 3.88. The normalized spacial score (nSPS) is 27.4. The highest BCUT2D eigenvalue weighted by Gasteiger charge is 2.32. The molecule has 112 valence electrons. The highest BCUT2D eigenvalue weighted by molar-refractivity contribution is 5.32. The summed E-state index contributed by atoms with van der Waals surface area (Å²) in [5, 5.41) is 0. The maximum absolute atomic E-state index is 12.3. The highest BCUT2D eigenvalue weighted by atomic mass is 19.4. The minimum atomic E-state index is -4.65. The average Bonchev–Trinajstić information content (AvgIpc) is 2.37. The number of alkyl halides is 3. The van der Waals surface area contributed by atoms with E-state index in [1.54, 1.807) is 6.07 Å². The van der Waals surface area contributed by atoms with Crippen molar-refractivity contribution in [3.63, 3.8) is 0 Å². The second-order valence-corrected chi connectivity index (χ2v) is 5.48.